The van der Waals surface area contributed by atoms with Crippen molar-refractivity contribution in [1.29, 1.82) is 0 Å². The number of anilines is 2. The van der Waals surface area contributed by atoms with E-state index in [2.05, 4.69) is 27.5 Å². The first-order valence-electron chi connectivity index (χ1n) is 9.54. The van der Waals surface area contributed by atoms with Crippen LogP contribution >= 0.6 is 0 Å². The summed E-state index contributed by atoms with van der Waals surface area (Å²) in [6.45, 7) is 0. The van der Waals surface area contributed by atoms with Crippen LogP contribution in [0, 0.1) is 0 Å². The summed E-state index contributed by atoms with van der Waals surface area (Å²) in [5.41, 5.74) is 5.68. The second-order valence-corrected chi connectivity index (χ2v) is 6.95. The fourth-order valence-corrected chi connectivity index (χ4v) is 3.42. The first-order chi connectivity index (χ1) is 14.7. The number of imidazole rings is 1. The molecule has 30 heavy (non-hydrogen) atoms. The average Bonchev–Trinajstić information content (AvgIpc) is 3.40. The van der Waals surface area contributed by atoms with Gasteiger partial charge in [0.15, 0.2) is 0 Å². The molecule has 1 aromatic carbocycles. The van der Waals surface area contributed by atoms with Crippen molar-refractivity contribution in [2.24, 2.45) is 7.05 Å². The number of nitrogens with zero attached hydrogens (tertiary/aromatic N) is 5. The van der Waals surface area contributed by atoms with Crippen molar-refractivity contribution in [2.45, 2.75) is 0 Å². The van der Waals surface area contributed by atoms with Gasteiger partial charge in [0.05, 0.1) is 30.9 Å². The normalized spacial score (nSPS) is 11.0. The number of benzene rings is 1. The molecule has 0 aliphatic carbocycles. The molecule has 0 bridgehead atoms. The summed E-state index contributed by atoms with van der Waals surface area (Å²) < 4.78 is 9.12. The van der Waals surface area contributed by atoms with Crippen LogP contribution in [0.15, 0.2) is 79.4 Å². The van der Waals surface area contributed by atoms with E-state index in [0.717, 1.165) is 45.4 Å². The molecule has 4 heterocycles. The first kappa shape index (κ1) is 17.9. The number of aryl methyl sites for hydroxylation is 1. The number of methoxy groups -OCH3 is 1. The maximum absolute atomic E-state index is 5.29. The van der Waals surface area contributed by atoms with Crippen molar-refractivity contribution in [1.82, 2.24) is 24.1 Å². The topological polar surface area (TPSA) is 69.3 Å². The third-order valence-electron chi connectivity index (χ3n) is 4.91. The second kappa shape index (κ2) is 7.36. The van der Waals surface area contributed by atoms with E-state index in [9.17, 15) is 0 Å². The first-order valence-corrected chi connectivity index (χ1v) is 9.54. The van der Waals surface area contributed by atoms with Gasteiger partial charge in [0.1, 0.15) is 17.2 Å². The van der Waals surface area contributed by atoms with Gasteiger partial charge in [0, 0.05) is 36.8 Å². The van der Waals surface area contributed by atoms with Crippen molar-refractivity contribution in [3.05, 3.63) is 79.4 Å². The summed E-state index contributed by atoms with van der Waals surface area (Å²) in [5.74, 6) is 1.55. The lowest BCUT2D eigenvalue weighted by Crippen LogP contribution is -1.96. The molecule has 7 nitrogen and oxygen atoms in total. The Kier molecular flexibility index (Phi) is 4.40. The number of aromatic nitrogens is 5. The third kappa shape index (κ3) is 3.37. The molecule has 0 spiro atoms. The van der Waals surface area contributed by atoms with E-state index in [0.29, 0.717) is 0 Å². The van der Waals surface area contributed by atoms with Crippen LogP contribution in [0.3, 0.4) is 0 Å². The molecular formula is C23H20N6O. The van der Waals surface area contributed by atoms with Crippen LogP contribution in [0.4, 0.5) is 11.5 Å². The highest BCUT2D eigenvalue weighted by atomic mass is 16.5. The van der Waals surface area contributed by atoms with Gasteiger partial charge in [-0.25, -0.2) is 9.97 Å². The van der Waals surface area contributed by atoms with Crippen LogP contribution in [0.1, 0.15) is 0 Å². The number of hydrogen-bond donors (Lipinski definition) is 1. The average molecular weight is 396 g/mol. The van der Waals surface area contributed by atoms with Crippen LogP contribution in [-0.4, -0.2) is 31.3 Å². The summed E-state index contributed by atoms with van der Waals surface area (Å²) >= 11 is 0. The quantitative estimate of drug-likeness (QED) is 0.472. The van der Waals surface area contributed by atoms with Crippen molar-refractivity contribution < 1.29 is 4.74 Å². The van der Waals surface area contributed by atoms with E-state index < -0.39 is 0 Å². The lowest BCUT2D eigenvalue weighted by Gasteiger charge is -2.09. The predicted octanol–water partition coefficient (Wildman–Crippen LogP) is 4.55. The van der Waals surface area contributed by atoms with Gasteiger partial charge in [0.25, 0.3) is 0 Å². The minimum Gasteiger partial charge on any atom is -0.497 e. The predicted molar refractivity (Wildman–Crippen MR) is 117 cm³/mol. The van der Waals surface area contributed by atoms with Crippen LogP contribution < -0.4 is 10.1 Å². The zero-order chi connectivity index (χ0) is 20.5. The van der Waals surface area contributed by atoms with Gasteiger partial charge in [0.2, 0.25) is 0 Å². The zero-order valence-electron chi connectivity index (χ0n) is 16.6. The van der Waals surface area contributed by atoms with Gasteiger partial charge < -0.3 is 10.1 Å². The summed E-state index contributed by atoms with van der Waals surface area (Å²) in [4.78, 5) is 9.36. The summed E-state index contributed by atoms with van der Waals surface area (Å²) in [7, 11) is 3.57. The molecule has 0 fully saturated rings. The van der Waals surface area contributed by atoms with Gasteiger partial charge in [-0.3, -0.25) is 9.08 Å². The SMILES string of the molecule is COc1cccc(Nc2cccc(-c3cnc4cc(-c5cnn(C)c5)ccn34)n2)c1. The number of pyridine rings is 2. The van der Waals surface area contributed by atoms with Crippen molar-refractivity contribution in [2.75, 3.05) is 12.4 Å². The Labute approximate surface area is 173 Å². The molecule has 0 radical (unpaired) electrons. The molecule has 1 N–H and O–H groups in total. The number of rotatable bonds is 5. The monoisotopic (exact) mass is 396 g/mol. The second-order valence-electron chi connectivity index (χ2n) is 6.95. The Bertz CT molecular complexity index is 1340. The largest absolute Gasteiger partial charge is 0.497 e. The molecule has 0 amide bonds. The molecule has 0 atom stereocenters. The highest BCUT2D eigenvalue weighted by Gasteiger charge is 2.10. The van der Waals surface area contributed by atoms with Gasteiger partial charge in [-0.05, 0) is 42.0 Å². The van der Waals surface area contributed by atoms with E-state index in [-0.39, 0.29) is 0 Å². The fourth-order valence-electron chi connectivity index (χ4n) is 3.42. The molecule has 148 valence electrons. The molecule has 5 rings (SSSR count). The van der Waals surface area contributed by atoms with Crippen LogP contribution in [0.2, 0.25) is 0 Å². The molecule has 0 saturated heterocycles. The molecule has 5 aromatic rings. The molecule has 0 saturated carbocycles. The Balaban J connectivity index is 1.47. The Morgan fingerprint density at radius 3 is 2.70 bits per heavy atom. The van der Waals surface area contributed by atoms with Gasteiger partial charge in [-0.2, -0.15) is 5.10 Å². The zero-order valence-corrected chi connectivity index (χ0v) is 16.6. The van der Waals surface area contributed by atoms with Crippen molar-refractivity contribution in [3.8, 4) is 28.3 Å². The fraction of sp³-hybridized carbons (Fsp3) is 0.0870. The summed E-state index contributed by atoms with van der Waals surface area (Å²) in [5, 5.41) is 7.58. The molecule has 0 aliphatic heterocycles. The standard InChI is InChI=1S/C23H20N6O/c1-28-15-17(13-25-28)16-9-10-29-21(14-24-23(29)11-16)20-7-4-8-22(27-20)26-18-5-3-6-19(12-18)30-2/h3-15H,1-2H3,(H,26,27). The lowest BCUT2D eigenvalue weighted by atomic mass is 10.1. The van der Waals surface area contributed by atoms with E-state index in [1.165, 1.54) is 0 Å². The Hall–Kier alpha value is -4.13. The molecule has 0 unspecified atom stereocenters. The number of ether oxygens (including phenoxy) is 1. The van der Waals surface area contributed by atoms with Gasteiger partial charge >= 0.3 is 0 Å². The minimum absolute atomic E-state index is 0.752. The molecule has 0 aliphatic rings. The summed E-state index contributed by atoms with van der Waals surface area (Å²) in [6.07, 6.45) is 7.71. The Morgan fingerprint density at radius 1 is 0.967 bits per heavy atom. The maximum Gasteiger partial charge on any atom is 0.137 e. The van der Waals surface area contributed by atoms with Crippen molar-refractivity contribution in [3.63, 3.8) is 0 Å². The van der Waals surface area contributed by atoms with Crippen LogP contribution in [0.25, 0.3) is 28.2 Å². The van der Waals surface area contributed by atoms with E-state index in [1.54, 1.807) is 11.8 Å². The minimum atomic E-state index is 0.752. The highest BCUT2D eigenvalue weighted by Crippen LogP contribution is 2.26. The number of hydrogen-bond acceptors (Lipinski definition) is 5. The van der Waals surface area contributed by atoms with E-state index in [4.69, 9.17) is 9.72 Å². The smallest absolute Gasteiger partial charge is 0.137 e. The number of nitrogens with one attached hydrogen (secondary N) is 1. The number of fused-ring (bicyclic) bond motifs is 1. The molecular weight excluding hydrogens is 376 g/mol. The Morgan fingerprint density at radius 2 is 1.87 bits per heavy atom. The van der Waals surface area contributed by atoms with Gasteiger partial charge in [-0.1, -0.05) is 12.1 Å². The van der Waals surface area contributed by atoms with Crippen molar-refractivity contribution >= 4 is 17.2 Å². The van der Waals surface area contributed by atoms with Crippen LogP contribution in [0.5, 0.6) is 5.75 Å². The maximum atomic E-state index is 5.29. The third-order valence-corrected chi connectivity index (χ3v) is 4.91. The lowest BCUT2D eigenvalue weighted by molar-refractivity contribution is 0.415. The highest BCUT2D eigenvalue weighted by molar-refractivity contribution is 5.70. The van der Waals surface area contributed by atoms with Crippen LogP contribution in [-0.2, 0) is 7.05 Å². The van der Waals surface area contributed by atoms with E-state index in [1.807, 2.05) is 78.7 Å². The molecule has 4 aromatic heterocycles. The molecule has 7 heteroatoms. The van der Waals surface area contributed by atoms with Gasteiger partial charge in [-0.15, -0.1) is 0 Å². The summed E-state index contributed by atoms with van der Waals surface area (Å²) in [6, 6.07) is 17.8. The van der Waals surface area contributed by atoms with E-state index >= 15 is 0 Å².